The summed E-state index contributed by atoms with van der Waals surface area (Å²) in [5.74, 6) is 0.271. The first kappa shape index (κ1) is 42.0. The van der Waals surface area contributed by atoms with Gasteiger partial charge in [-0.3, -0.25) is 0 Å². The van der Waals surface area contributed by atoms with Gasteiger partial charge in [-0.15, -0.1) is 0 Å². The molecule has 0 aliphatic carbocycles. The molecule has 0 spiro atoms. The van der Waals surface area contributed by atoms with Crippen LogP contribution in [-0.4, -0.2) is 50.3 Å². The Labute approximate surface area is 313 Å². The van der Waals surface area contributed by atoms with Crippen molar-refractivity contribution in [1.29, 1.82) is 0 Å². The lowest BCUT2D eigenvalue weighted by molar-refractivity contribution is -0.138. The molecule has 3 aromatic rings. The van der Waals surface area contributed by atoms with Crippen LogP contribution < -0.4 is 18.9 Å². The van der Waals surface area contributed by atoms with Gasteiger partial charge in [0.25, 0.3) is 0 Å². The number of rotatable bonds is 26. The van der Waals surface area contributed by atoms with Crippen molar-refractivity contribution >= 4 is 23.9 Å². The minimum absolute atomic E-state index is 0.332. The number of carbonyl (C=O) groups is 4. The summed E-state index contributed by atoms with van der Waals surface area (Å²) in [4.78, 5) is 47.6. The van der Waals surface area contributed by atoms with Crippen LogP contribution in [0.2, 0.25) is 0 Å². The molecule has 3 aromatic carbocycles. The Balaban J connectivity index is 1.30. The van der Waals surface area contributed by atoms with Gasteiger partial charge in [-0.25, -0.2) is 19.2 Å². The number of benzene rings is 3. The average Bonchev–Trinajstić information content (AvgIpc) is 3.17. The highest BCUT2D eigenvalue weighted by molar-refractivity contribution is 5.92. The number of aryl methyl sites for hydroxylation is 1. The van der Waals surface area contributed by atoms with E-state index < -0.39 is 11.9 Å². The number of hydrogen-bond acceptors (Lipinski definition) is 10. The zero-order chi connectivity index (χ0) is 38.1. The molecule has 284 valence electrons. The predicted molar refractivity (Wildman–Crippen MR) is 203 cm³/mol. The summed E-state index contributed by atoms with van der Waals surface area (Å²) < 4.78 is 32.7. The molecular formula is C43H52O10. The van der Waals surface area contributed by atoms with Gasteiger partial charge in [-0.1, -0.05) is 64.5 Å². The third-order valence-electron chi connectivity index (χ3n) is 8.18. The summed E-state index contributed by atoms with van der Waals surface area (Å²) in [5, 5.41) is 0. The van der Waals surface area contributed by atoms with Crippen LogP contribution >= 0.6 is 0 Å². The summed E-state index contributed by atoms with van der Waals surface area (Å²) in [6.45, 7) is 10.5. The van der Waals surface area contributed by atoms with Crippen LogP contribution in [0.5, 0.6) is 23.0 Å². The van der Waals surface area contributed by atoms with Gasteiger partial charge in [0.1, 0.15) is 23.0 Å². The minimum atomic E-state index is -0.511. The average molecular weight is 729 g/mol. The van der Waals surface area contributed by atoms with E-state index in [0.717, 1.165) is 77.0 Å². The van der Waals surface area contributed by atoms with Gasteiger partial charge < -0.3 is 28.4 Å². The molecule has 0 unspecified atom stereocenters. The van der Waals surface area contributed by atoms with E-state index in [1.54, 1.807) is 73.7 Å². The Morgan fingerprint density at radius 1 is 0.491 bits per heavy atom. The van der Waals surface area contributed by atoms with Crippen LogP contribution in [-0.2, 0) is 19.1 Å². The second-order valence-corrected chi connectivity index (χ2v) is 12.4. The second-order valence-electron chi connectivity index (χ2n) is 12.4. The van der Waals surface area contributed by atoms with Crippen LogP contribution in [0.3, 0.4) is 0 Å². The molecule has 0 bridgehead atoms. The summed E-state index contributed by atoms with van der Waals surface area (Å²) in [7, 11) is 0. The Hall–Kier alpha value is -5.38. The van der Waals surface area contributed by atoms with E-state index in [1.165, 1.54) is 12.2 Å². The molecule has 0 N–H and O–H groups in total. The Kier molecular flexibility index (Phi) is 19.6. The summed E-state index contributed by atoms with van der Waals surface area (Å²) in [6.07, 6.45) is 14.3. The van der Waals surface area contributed by atoms with Crippen molar-refractivity contribution in [3.63, 3.8) is 0 Å². The van der Waals surface area contributed by atoms with E-state index in [9.17, 15) is 19.2 Å². The second kappa shape index (κ2) is 24.7. The van der Waals surface area contributed by atoms with Crippen LogP contribution in [0.4, 0.5) is 0 Å². The number of unbranched alkanes of at least 4 members (excludes halogenated alkanes) is 10. The fourth-order valence-electron chi connectivity index (χ4n) is 5.17. The van der Waals surface area contributed by atoms with E-state index in [1.807, 2.05) is 0 Å². The lowest BCUT2D eigenvalue weighted by atomic mass is 10.1. The lowest BCUT2D eigenvalue weighted by Crippen LogP contribution is -2.10. The quantitative estimate of drug-likeness (QED) is 0.0342. The molecule has 53 heavy (non-hydrogen) atoms. The standard InChI is InChI=1S/C43H52O10/c1-4-40(44)50-30-16-12-8-6-10-14-28-48-36-22-18-34(19-23-36)42(46)52-38-26-27-39(33(3)32-38)53-43(47)35-20-24-37(25-21-35)49-29-15-11-7-9-13-17-31-51-41(45)5-2/h4-5,18-27,32H,1-2,6-17,28-31H2,3H3. The van der Waals surface area contributed by atoms with Crippen molar-refractivity contribution < 1.29 is 47.6 Å². The normalized spacial score (nSPS) is 10.5. The highest BCUT2D eigenvalue weighted by Gasteiger charge is 2.14. The fraction of sp³-hybridized carbons (Fsp3) is 0.395. The molecule has 0 atom stereocenters. The first-order chi connectivity index (χ1) is 25.8. The van der Waals surface area contributed by atoms with Crippen molar-refractivity contribution in [2.75, 3.05) is 26.4 Å². The molecule has 0 aromatic heterocycles. The van der Waals surface area contributed by atoms with E-state index >= 15 is 0 Å². The van der Waals surface area contributed by atoms with Crippen LogP contribution in [0.15, 0.2) is 92.0 Å². The smallest absolute Gasteiger partial charge is 0.343 e. The molecule has 0 saturated heterocycles. The Morgan fingerprint density at radius 2 is 0.868 bits per heavy atom. The van der Waals surface area contributed by atoms with Gasteiger partial charge in [0.15, 0.2) is 0 Å². The van der Waals surface area contributed by atoms with Gasteiger partial charge in [0.2, 0.25) is 0 Å². The lowest BCUT2D eigenvalue weighted by Gasteiger charge is -2.11. The molecule has 3 rings (SSSR count). The highest BCUT2D eigenvalue weighted by atomic mass is 16.5. The molecule has 0 radical (unpaired) electrons. The van der Waals surface area contributed by atoms with Crippen LogP contribution in [0, 0.1) is 6.92 Å². The molecule has 0 aliphatic heterocycles. The third-order valence-corrected chi connectivity index (χ3v) is 8.18. The highest BCUT2D eigenvalue weighted by Crippen LogP contribution is 2.26. The van der Waals surface area contributed by atoms with Gasteiger partial charge in [-0.2, -0.15) is 0 Å². The molecule has 0 aliphatic rings. The van der Waals surface area contributed by atoms with Crippen molar-refractivity contribution in [2.24, 2.45) is 0 Å². The van der Waals surface area contributed by atoms with Crippen LogP contribution in [0.1, 0.15) is 103 Å². The fourth-order valence-corrected chi connectivity index (χ4v) is 5.17. The summed E-state index contributed by atoms with van der Waals surface area (Å²) in [5.41, 5.74) is 1.41. The monoisotopic (exact) mass is 728 g/mol. The summed E-state index contributed by atoms with van der Waals surface area (Å²) >= 11 is 0. The van der Waals surface area contributed by atoms with Crippen molar-refractivity contribution in [3.8, 4) is 23.0 Å². The van der Waals surface area contributed by atoms with Gasteiger partial charge in [0, 0.05) is 12.2 Å². The SMILES string of the molecule is C=CC(=O)OCCCCCCCCOc1ccc(C(=O)Oc2ccc(OC(=O)c3ccc(OCCCCCCCCOC(=O)C=C)cc3)c(C)c2)cc1. The van der Waals surface area contributed by atoms with Crippen molar-refractivity contribution in [1.82, 2.24) is 0 Å². The molecular weight excluding hydrogens is 676 g/mol. The van der Waals surface area contributed by atoms with Crippen LogP contribution in [0.25, 0.3) is 0 Å². The predicted octanol–water partition coefficient (Wildman–Crippen LogP) is 9.33. The first-order valence-electron chi connectivity index (χ1n) is 18.4. The van der Waals surface area contributed by atoms with E-state index in [0.29, 0.717) is 66.1 Å². The van der Waals surface area contributed by atoms with E-state index in [4.69, 9.17) is 28.4 Å². The zero-order valence-electron chi connectivity index (χ0n) is 30.8. The minimum Gasteiger partial charge on any atom is -0.494 e. The topological polar surface area (TPSA) is 124 Å². The molecule has 10 heteroatoms. The number of ether oxygens (including phenoxy) is 6. The third kappa shape index (κ3) is 17.1. The molecule has 0 amide bonds. The summed E-state index contributed by atoms with van der Waals surface area (Å²) in [6, 6.07) is 18.5. The molecule has 0 saturated carbocycles. The van der Waals surface area contributed by atoms with Gasteiger partial charge >= 0.3 is 23.9 Å². The molecule has 0 heterocycles. The zero-order valence-corrected chi connectivity index (χ0v) is 30.8. The number of carbonyl (C=O) groups excluding carboxylic acids is 4. The Morgan fingerprint density at radius 3 is 1.28 bits per heavy atom. The maximum Gasteiger partial charge on any atom is 0.343 e. The number of hydrogen-bond donors (Lipinski definition) is 0. The van der Waals surface area contributed by atoms with Crippen molar-refractivity contribution in [2.45, 2.75) is 84.0 Å². The van der Waals surface area contributed by atoms with Crippen molar-refractivity contribution in [3.05, 3.63) is 109 Å². The maximum absolute atomic E-state index is 12.8. The molecule has 10 nitrogen and oxygen atoms in total. The maximum atomic E-state index is 12.8. The van der Waals surface area contributed by atoms with Gasteiger partial charge in [0.05, 0.1) is 37.6 Å². The number of esters is 4. The van der Waals surface area contributed by atoms with E-state index in [2.05, 4.69) is 13.2 Å². The molecule has 0 fully saturated rings. The largest absolute Gasteiger partial charge is 0.494 e. The van der Waals surface area contributed by atoms with Gasteiger partial charge in [-0.05, 0) is 105 Å². The van der Waals surface area contributed by atoms with E-state index in [-0.39, 0.29) is 11.9 Å². The Bertz CT molecular complexity index is 1590. The first-order valence-corrected chi connectivity index (χ1v) is 18.4.